The number of rotatable bonds is 2. The number of fused-ring (bicyclic) bond motifs is 1. The second kappa shape index (κ2) is 5.53. The van der Waals surface area contributed by atoms with Crippen molar-refractivity contribution in [2.45, 2.75) is 32.7 Å². The lowest BCUT2D eigenvalue weighted by Crippen LogP contribution is -2.09. The van der Waals surface area contributed by atoms with E-state index in [4.69, 9.17) is 0 Å². The first kappa shape index (κ1) is 14.2. The van der Waals surface area contributed by atoms with Crippen molar-refractivity contribution < 1.29 is 0 Å². The van der Waals surface area contributed by atoms with Crippen LogP contribution in [0.25, 0.3) is 0 Å². The van der Waals surface area contributed by atoms with Crippen molar-refractivity contribution in [2.24, 2.45) is 0 Å². The molecule has 0 amide bonds. The van der Waals surface area contributed by atoms with Crippen molar-refractivity contribution in [3.05, 3.63) is 61.5 Å². The molecule has 1 atom stereocenters. The minimum Gasteiger partial charge on any atom is -0.378 e. The summed E-state index contributed by atoms with van der Waals surface area (Å²) in [6.45, 7) is 4.33. The van der Waals surface area contributed by atoms with E-state index >= 15 is 0 Å². The van der Waals surface area contributed by atoms with Gasteiger partial charge in [-0.3, -0.25) is 0 Å². The summed E-state index contributed by atoms with van der Waals surface area (Å²) in [7, 11) is 0. The number of hydrogen-bond acceptors (Lipinski definition) is 1. The summed E-state index contributed by atoms with van der Waals surface area (Å²) >= 11 is 7.23. The zero-order valence-corrected chi connectivity index (χ0v) is 14.8. The van der Waals surface area contributed by atoms with Crippen molar-refractivity contribution in [1.29, 1.82) is 0 Å². The van der Waals surface area contributed by atoms with Crippen LogP contribution in [-0.2, 0) is 6.42 Å². The Labute approximate surface area is 137 Å². The first-order valence-electron chi connectivity index (χ1n) is 6.87. The van der Waals surface area contributed by atoms with Crippen molar-refractivity contribution in [1.82, 2.24) is 0 Å². The van der Waals surface area contributed by atoms with Gasteiger partial charge in [0.2, 0.25) is 0 Å². The fraction of sp³-hybridized carbons (Fsp3) is 0.294. The number of aryl methyl sites for hydroxylation is 2. The Morgan fingerprint density at radius 1 is 1.10 bits per heavy atom. The van der Waals surface area contributed by atoms with Crippen LogP contribution in [0.15, 0.2) is 39.3 Å². The quantitative estimate of drug-likeness (QED) is 0.665. The largest absolute Gasteiger partial charge is 0.378 e. The van der Waals surface area contributed by atoms with E-state index < -0.39 is 0 Å². The van der Waals surface area contributed by atoms with Crippen molar-refractivity contribution in [2.75, 3.05) is 5.32 Å². The Kier molecular flexibility index (Phi) is 3.91. The van der Waals surface area contributed by atoms with Crippen LogP contribution in [-0.4, -0.2) is 0 Å². The predicted octanol–water partition coefficient (Wildman–Crippen LogP) is 5.93. The van der Waals surface area contributed by atoms with Gasteiger partial charge >= 0.3 is 0 Å². The number of hydrogen-bond donors (Lipinski definition) is 1. The average molecular weight is 395 g/mol. The smallest absolute Gasteiger partial charge is 0.0520 e. The Balaban J connectivity index is 1.94. The second-order valence-electron chi connectivity index (χ2n) is 5.46. The maximum absolute atomic E-state index is 3.75. The van der Waals surface area contributed by atoms with Gasteiger partial charge in [-0.1, -0.05) is 44.0 Å². The van der Waals surface area contributed by atoms with Gasteiger partial charge in [-0.15, -0.1) is 0 Å². The molecule has 1 aliphatic carbocycles. The van der Waals surface area contributed by atoms with Gasteiger partial charge in [-0.2, -0.15) is 0 Å². The fourth-order valence-electron chi connectivity index (χ4n) is 3.07. The summed E-state index contributed by atoms with van der Waals surface area (Å²) in [5.74, 6) is 0. The lowest BCUT2D eigenvalue weighted by molar-refractivity contribution is 0.760. The Morgan fingerprint density at radius 2 is 1.80 bits per heavy atom. The number of anilines is 1. The highest BCUT2D eigenvalue weighted by atomic mass is 79.9. The molecule has 2 aromatic carbocycles. The molecule has 1 nitrogen and oxygen atoms in total. The lowest BCUT2D eigenvalue weighted by atomic mass is 10.1. The molecule has 2 aromatic rings. The molecule has 0 saturated heterocycles. The topological polar surface area (TPSA) is 12.0 Å². The van der Waals surface area contributed by atoms with E-state index in [0.717, 1.165) is 17.3 Å². The van der Waals surface area contributed by atoms with Gasteiger partial charge in [-0.05, 0) is 67.1 Å². The van der Waals surface area contributed by atoms with Crippen molar-refractivity contribution in [3.63, 3.8) is 0 Å². The van der Waals surface area contributed by atoms with Crippen LogP contribution in [0.5, 0.6) is 0 Å². The van der Waals surface area contributed by atoms with E-state index in [-0.39, 0.29) is 0 Å². The van der Waals surface area contributed by atoms with E-state index in [0.29, 0.717) is 6.04 Å². The third-order valence-corrected chi connectivity index (χ3v) is 5.23. The molecule has 0 heterocycles. The summed E-state index contributed by atoms with van der Waals surface area (Å²) in [6.07, 6.45) is 2.30. The van der Waals surface area contributed by atoms with E-state index in [1.54, 1.807) is 0 Å². The Bertz CT molecular complexity index is 641. The number of halogens is 2. The van der Waals surface area contributed by atoms with Crippen LogP contribution in [0, 0.1) is 13.8 Å². The molecule has 0 aromatic heterocycles. The molecule has 0 spiro atoms. The first-order valence-corrected chi connectivity index (χ1v) is 8.45. The number of benzene rings is 2. The van der Waals surface area contributed by atoms with Gasteiger partial charge < -0.3 is 5.32 Å². The molecule has 1 N–H and O–H groups in total. The van der Waals surface area contributed by atoms with E-state index in [1.807, 2.05) is 0 Å². The minimum atomic E-state index is 0.418. The summed E-state index contributed by atoms with van der Waals surface area (Å²) in [5.41, 5.74) is 6.74. The summed E-state index contributed by atoms with van der Waals surface area (Å²) in [4.78, 5) is 0. The molecule has 1 unspecified atom stereocenters. The Morgan fingerprint density at radius 3 is 2.50 bits per heavy atom. The summed E-state index contributed by atoms with van der Waals surface area (Å²) < 4.78 is 2.39. The van der Waals surface area contributed by atoms with Crippen LogP contribution < -0.4 is 5.32 Å². The molecule has 0 aliphatic heterocycles. The van der Waals surface area contributed by atoms with Crippen LogP contribution in [0.3, 0.4) is 0 Å². The highest BCUT2D eigenvalue weighted by Crippen LogP contribution is 2.39. The predicted molar refractivity (Wildman–Crippen MR) is 92.4 cm³/mol. The normalized spacial score (nSPS) is 17.1. The van der Waals surface area contributed by atoms with Gasteiger partial charge in [0.1, 0.15) is 0 Å². The van der Waals surface area contributed by atoms with Gasteiger partial charge in [0.25, 0.3) is 0 Å². The monoisotopic (exact) mass is 393 g/mol. The molecule has 3 rings (SSSR count). The van der Waals surface area contributed by atoms with Crippen LogP contribution in [0.2, 0.25) is 0 Å². The average Bonchev–Trinajstić information content (AvgIpc) is 2.78. The minimum absolute atomic E-state index is 0.418. The van der Waals surface area contributed by atoms with Crippen molar-refractivity contribution >= 4 is 37.5 Å². The maximum Gasteiger partial charge on any atom is 0.0520 e. The van der Waals surface area contributed by atoms with Gasteiger partial charge in [0.15, 0.2) is 0 Å². The summed E-state index contributed by atoms with van der Waals surface area (Å²) in [6, 6.07) is 11.3. The zero-order valence-electron chi connectivity index (χ0n) is 11.6. The van der Waals surface area contributed by atoms with Gasteiger partial charge in [0.05, 0.1) is 6.04 Å². The van der Waals surface area contributed by atoms with Crippen molar-refractivity contribution in [3.8, 4) is 0 Å². The fourth-order valence-corrected chi connectivity index (χ4v) is 4.34. The van der Waals surface area contributed by atoms with E-state index in [9.17, 15) is 0 Å². The zero-order chi connectivity index (χ0) is 14.3. The molecular formula is C17H17Br2N. The highest BCUT2D eigenvalue weighted by Gasteiger charge is 2.24. The standard InChI is InChI=1S/C17H17Br2N/c1-10-8-12(18)9-11(2)17(10)20-16-7-6-13-14(16)4-3-5-15(13)19/h3-5,8-9,16,20H,6-7H2,1-2H3. The molecule has 0 saturated carbocycles. The maximum atomic E-state index is 3.75. The van der Waals surface area contributed by atoms with E-state index in [2.05, 4.69) is 81.4 Å². The van der Waals surface area contributed by atoms with Crippen LogP contribution >= 0.6 is 31.9 Å². The molecular weight excluding hydrogens is 378 g/mol. The lowest BCUT2D eigenvalue weighted by Gasteiger charge is -2.20. The number of nitrogens with one attached hydrogen (secondary N) is 1. The second-order valence-corrected chi connectivity index (χ2v) is 7.23. The molecule has 20 heavy (non-hydrogen) atoms. The van der Waals surface area contributed by atoms with Crippen LogP contribution in [0.1, 0.15) is 34.7 Å². The third kappa shape index (κ3) is 2.53. The molecule has 104 valence electrons. The molecule has 1 aliphatic rings. The van der Waals surface area contributed by atoms with Crippen LogP contribution in [0.4, 0.5) is 5.69 Å². The first-order chi connectivity index (χ1) is 9.56. The van der Waals surface area contributed by atoms with Gasteiger partial charge in [0, 0.05) is 14.6 Å². The molecule has 0 bridgehead atoms. The highest BCUT2D eigenvalue weighted by molar-refractivity contribution is 9.10. The SMILES string of the molecule is Cc1cc(Br)cc(C)c1NC1CCc2c(Br)cccc21. The summed E-state index contributed by atoms with van der Waals surface area (Å²) in [5, 5.41) is 3.75. The Hall–Kier alpha value is -0.800. The molecule has 0 fully saturated rings. The molecule has 0 radical (unpaired) electrons. The third-order valence-electron chi connectivity index (χ3n) is 4.03. The molecule has 3 heteroatoms. The van der Waals surface area contributed by atoms with Gasteiger partial charge in [-0.25, -0.2) is 0 Å². The van der Waals surface area contributed by atoms with E-state index in [1.165, 1.54) is 32.4 Å².